The third kappa shape index (κ3) is 3.63. The number of amides is 1. The second-order valence-corrected chi connectivity index (χ2v) is 7.02. The van der Waals surface area contributed by atoms with E-state index in [2.05, 4.69) is 5.32 Å². The van der Waals surface area contributed by atoms with Crippen molar-refractivity contribution in [1.29, 1.82) is 0 Å². The maximum atomic E-state index is 13.1. The fourth-order valence-electron chi connectivity index (χ4n) is 3.97. The minimum atomic E-state index is -0.863. The van der Waals surface area contributed by atoms with Gasteiger partial charge in [0.25, 0.3) is 0 Å². The van der Waals surface area contributed by atoms with E-state index >= 15 is 0 Å². The topological polar surface area (TPSA) is 55.4 Å². The molecule has 0 aliphatic heterocycles. The lowest BCUT2D eigenvalue weighted by atomic mass is 9.89. The highest BCUT2D eigenvalue weighted by atomic mass is 19.1. The van der Waals surface area contributed by atoms with E-state index in [1.165, 1.54) is 19.2 Å². The van der Waals surface area contributed by atoms with Gasteiger partial charge in [0.1, 0.15) is 11.9 Å². The summed E-state index contributed by atoms with van der Waals surface area (Å²) in [5.41, 5.74) is 4.72. The molecule has 0 saturated heterocycles. The number of hydrogen-bond acceptors (Lipinski definition) is 3. The van der Waals surface area contributed by atoms with Gasteiger partial charge in [-0.25, -0.2) is 9.18 Å². The Bertz CT molecular complexity index is 1020. The molecular formula is C24H20FNO3. The number of methoxy groups -OCH3 is 1. The first-order valence-electron chi connectivity index (χ1n) is 9.38. The third-order valence-corrected chi connectivity index (χ3v) is 5.26. The van der Waals surface area contributed by atoms with E-state index in [1.54, 1.807) is 12.1 Å². The van der Waals surface area contributed by atoms with Gasteiger partial charge in [-0.1, -0.05) is 60.7 Å². The molecule has 5 heteroatoms. The van der Waals surface area contributed by atoms with Crippen molar-refractivity contribution in [3.63, 3.8) is 0 Å². The molecule has 0 fully saturated rings. The van der Waals surface area contributed by atoms with Gasteiger partial charge in [0.2, 0.25) is 5.91 Å². The molecule has 0 radical (unpaired) electrons. The monoisotopic (exact) mass is 389 g/mol. The predicted octanol–water partition coefficient (Wildman–Crippen LogP) is 3.84. The largest absolute Gasteiger partial charge is 0.467 e. The van der Waals surface area contributed by atoms with Crippen molar-refractivity contribution >= 4 is 11.9 Å². The number of carbonyl (C=O) groups excluding carboxylic acids is 2. The van der Waals surface area contributed by atoms with Crippen LogP contribution in [-0.2, 0) is 20.7 Å². The molecule has 1 amide bonds. The van der Waals surface area contributed by atoms with E-state index in [9.17, 15) is 14.0 Å². The molecule has 1 aliphatic rings. The Morgan fingerprint density at radius 2 is 1.48 bits per heavy atom. The summed E-state index contributed by atoms with van der Waals surface area (Å²) in [6.07, 6.45) is 0.0454. The zero-order valence-electron chi connectivity index (χ0n) is 15.9. The molecule has 3 aromatic carbocycles. The lowest BCUT2D eigenvalue weighted by molar-refractivity contribution is -0.145. The summed E-state index contributed by atoms with van der Waals surface area (Å²) in [5.74, 6) is -1.53. The van der Waals surface area contributed by atoms with Crippen LogP contribution in [0.2, 0.25) is 0 Å². The normalized spacial score (nSPS) is 13.3. The van der Waals surface area contributed by atoms with Crippen molar-refractivity contribution in [2.45, 2.75) is 18.4 Å². The number of carbonyl (C=O) groups is 2. The van der Waals surface area contributed by atoms with Gasteiger partial charge >= 0.3 is 5.97 Å². The first-order valence-corrected chi connectivity index (χ1v) is 9.38. The minimum absolute atomic E-state index is 0.0454. The van der Waals surface area contributed by atoms with Crippen LogP contribution >= 0.6 is 0 Å². The number of nitrogens with one attached hydrogen (secondary N) is 1. The van der Waals surface area contributed by atoms with E-state index in [0.29, 0.717) is 5.56 Å². The summed E-state index contributed by atoms with van der Waals surface area (Å²) in [6, 6.07) is 20.6. The molecule has 1 N–H and O–H groups in total. The molecule has 1 atom stereocenters. The number of halogens is 1. The summed E-state index contributed by atoms with van der Waals surface area (Å²) in [5, 5.41) is 2.85. The van der Waals surface area contributed by atoms with Gasteiger partial charge in [-0.15, -0.1) is 0 Å². The lowest BCUT2D eigenvalue weighted by Gasteiger charge is -2.24. The molecular weight excluding hydrogens is 369 g/mol. The Kier molecular flexibility index (Phi) is 5.12. The number of hydrogen-bond donors (Lipinski definition) is 1. The van der Waals surface area contributed by atoms with Crippen molar-refractivity contribution in [2.75, 3.05) is 7.11 Å². The quantitative estimate of drug-likeness (QED) is 0.675. The fourth-order valence-corrected chi connectivity index (χ4v) is 3.97. The van der Waals surface area contributed by atoms with Crippen molar-refractivity contribution < 1.29 is 18.7 Å². The van der Waals surface area contributed by atoms with E-state index in [4.69, 9.17) is 4.74 Å². The molecule has 4 nitrogen and oxygen atoms in total. The number of benzene rings is 3. The van der Waals surface area contributed by atoms with E-state index in [1.807, 2.05) is 48.5 Å². The lowest BCUT2D eigenvalue weighted by Crippen LogP contribution is -2.46. The SMILES string of the molecule is COC(=O)[C@H](NC(=O)Cc1ccc(F)cc1)C1c2ccccc2-c2ccccc21. The van der Waals surface area contributed by atoms with E-state index < -0.39 is 12.0 Å². The number of ether oxygens (including phenoxy) is 1. The van der Waals surface area contributed by atoms with Crippen LogP contribution in [0, 0.1) is 5.82 Å². The summed E-state index contributed by atoms with van der Waals surface area (Å²) >= 11 is 0. The van der Waals surface area contributed by atoms with Gasteiger partial charge < -0.3 is 10.1 Å². The Morgan fingerprint density at radius 3 is 2.03 bits per heavy atom. The highest BCUT2D eigenvalue weighted by Gasteiger charge is 2.39. The van der Waals surface area contributed by atoms with Crippen LogP contribution in [0.5, 0.6) is 0 Å². The number of rotatable bonds is 5. The predicted molar refractivity (Wildman–Crippen MR) is 108 cm³/mol. The zero-order valence-corrected chi connectivity index (χ0v) is 15.9. The van der Waals surface area contributed by atoms with Gasteiger partial charge in [0, 0.05) is 5.92 Å². The smallest absolute Gasteiger partial charge is 0.329 e. The minimum Gasteiger partial charge on any atom is -0.467 e. The van der Waals surface area contributed by atoms with Gasteiger partial charge in [-0.3, -0.25) is 4.79 Å². The average Bonchev–Trinajstić information content (AvgIpc) is 3.07. The Labute approximate surface area is 168 Å². The maximum absolute atomic E-state index is 13.1. The Morgan fingerprint density at radius 1 is 0.931 bits per heavy atom. The Hall–Kier alpha value is -3.47. The molecule has 3 aromatic rings. The molecule has 0 bridgehead atoms. The molecule has 0 saturated carbocycles. The first kappa shape index (κ1) is 18.9. The summed E-state index contributed by atoms with van der Waals surface area (Å²) in [6.45, 7) is 0. The van der Waals surface area contributed by atoms with Crippen LogP contribution in [0.15, 0.2) is 72.8 Å². The second-order valence-electron chi connectivity index (χ2n) is 7.02. The average molecular weight is 389 g/mol. The first-order chi connectivity index (χ1) is 14.1. The van der Waals surface area contributed by atoms with Crippen LogP contribution in [0.1, 0.15) is 22.6 Å². The molecule has 146 valence electrons. The number of fused-ring (bicyclic) bond motifs is 3. The molecule has 4 rings (SSSR count). The summed E-state index contributed by atoms with van der Waals surface area (Å²) in [4.78, 5) is 25.4. The second kappa shape index (κ2) is 7.87. The molecule has 0 heterocycles. The van der Waals surface area contributed by atoms with Crippen molar-refractivity contribution in [3.8, 4) is 11.1 Å². The standard InChI is InChI=1S/C24H20FNO3/c1-29-24(28)23(26-21(27)14-15-10-12-16(25)13-11-15)22-19-8-4-2-6-17(19)18-7-3-5-9-20(18)22/h2-13,22-23H,14H2,1H3,(H,26,27)/t23-/m1/s1. The molecule has 29 heavy (non-hydrogen) atoms. The molecule has 0 unspecified atom stereocenters. The van der Waals surface area contributed by atoms with Gasteiger partial charge in [-0.05, 0) is 39.9 Å². The molecule has 0 aromatic heterocycles. The summed E-state index contributed by atoms with van der Waals surface area (Å²) < 4.78 is 18.1. The van der Waals surface area contributed by atoms with E-state index in [0.717, 1.165) is 22.3 Å². The maximum Gasteiger partial charge on any atom is 0.329 e. The van der Waals surface area contributed by atoms with Gasteiger partial charge in [-0.2, -0.15) is 0 Å². The number of esters is 1. The summed E-state index contributed by atoms with van der Waals surface area (Å²) in [7, 11) is 1.31. The van der Waals surface area contributed by atoms with Crippen LogP contribution in [0.3, 0.4) is 0 Å². The third-order valence-electron chi connectivity index (χ3n) is 5.26. The molecule has 1 aliphatic carbocycles. The van der Waals surface area contributed by atoms with Crippen molar-refractivity contribution in [2.24, 2.45) is 0 Å². The van der Waals surface area contributed by atoms with Crippen LogP contribution in [0.25, 0.3) is 11.1 Å². The highest BCUT2D eigenvalue weighted by molar-refractivity contribution is 5.90. The Balaban J connectivity index is 1.66. The van der Waals surface area contributed by atoms with Gasteiger partial charge in [0.15, 0.2) is 0 Å². The fraction of sp³-hybridized carbons (Fsp3) is 0.167. The van der Waals surface area contributed by atoms with Crippen molar-refractivity contribution in [1.82, 2.24) is 5.32 Å². The van der Waals surface area contributed by atoms with Crippen LogP contribution in [0.4, 0.5) is 4.39 Å². The van der Waals surface area contributed by atoms with E-state index in [-0.39, 0.29) is 24.1 Å². The van der Waals surface area contributed by atoms with Crippen LogP contribution in [-0.4, -0.2) is 25.0 Å². The van der Waals surface area contributed by atoms with Crippen LogP contribution < -0.4 is 5.32 Å². The zero-order chi connectivity index (χ0) is 20.4. The van der Waals surface area contributed by atoms with Crippen molar-refractivity contribution in [3.05, 3.63) is 95.3 Å². The highest BCUT2D eigenvalue weighted by Crippen LogP contribution is 2.46. The van der Waals surface area contributed by atoms with Gasteiger partial charge in [0.05, 0.1) is 13.5 Å². The molecule has 0 spiro atoms.